The minimum atomic E-state index is -0.293. The van der Waals surface area contributed by atoms with Gasteiger partial charge in [-0.3, -0.25) is 0 Å². The minimum absolute atomic E-state index is 0.118. The standard InChI is InChI=1S/C66H55BN2O2S/c1-66(2,3)48-41-59-63-61(42-48)71-64-55-39-46(44-21-9-4-10-22-44)34-38-62(55)72-65(64)67(63)56-36-35-51(68(49-25-13-6-14-26-49)50-27-15-7-16-28-50)43-58(56)69(59)57-37-33-47(40-54(57)45-23-11-5-12-24-45)53-31-19-20-32-60(53)70-52-29-17-8-18-30-52/h5-8,11-20,23-44H,4,9-10,21-22H2,1-3H3/i5D,11D,12D,23D. The summed E-state index contributed by atoms with van der Waals surface area (Å²) in [6.07, 6.45) is 6.28. The van der Waals surface area contributed by atoms with Crippen molar-refractivity contribution < 1.29 is 15.0 Å². The van der Waals surface area contributed by atoms with Crippen molar-refractivity contribution in [3.8, 4) is 45.3 Å². The maximum Gasteiger partial charge on any atom is 0.268 e. The van der Waals surface area contributed by atoms with Crippen LogP contribution < -0.4 is 35.0 Å². The minimum Gasteiger partial charge on any atom is -0.457 e. The van der Waals surface area contributed by atoms with Crippen LogP contribution in [0.3, 0.4) is 0 Å². The second-order valence-corrected chi connectivity index (χ2v) is 21.5. The fourth-order valence-corrected chi connectivity index (χ4v) is 12.5. The van der Waals surface area contributed by atoms with Gasteiger partial charge in [0.05, 0.1) is 11.2 Å². The zero-order valence-electron chi connectivity index (χ0n) is 44.7. The third-order valence-electron chi connectivity index (χ3n) is 14.9. The van der Waals surface area contributed by atoms with Crippen molar-refractivity contribution in [3.63, 3.8) is 0 Å². The van der Waals surface area contributed by atoms with E-state index in [9.17, 15) is 1.37 Å². The van der Waals surface area contributed by atoms with Gasteiger partial charge in [-0.1, -0.05) is 161 Å². The summed E-state index contributed by atoms with van der Waals surface area (Å²) in [6.45, 7) is 6.56. The maximum atomic E-state index is 9.59. The van der Waals surface area contributed by atoms with Crippen LogP contribution in [-0.4, -0.2) is 6.71 Å². The first-order valence-corrected chi connectivity index (χ1v) is 26.1. The molecular weight excluding hydrogens is 896 g/mol. The average molecular weight is 955 g/mol. The van der Waals surface area contributed by atoms with Crippen LogP contribution in [0.4, 0.5) is 34.1 Å². The van der Waals surface area contributed by atoms with Gasteiger partial charge >= 0.3 is 0 Å². The molecule has 0 spiro atoms. The van der Waals surface area contributed by atoms with Crippen molar-refractivity contribution in [3.05, 3.63) is 223 Å². The van der Waals surface area contributed by atoms with Gasteiger partial charge in [-0.05, 0) is 148 Å². The Bertz CT molecular complexity index is 3840. The largest absolute Gasteiger partial charge is 0.457 e. The molecule has 0 radical (unpaired) electrons. The molecule has 1 saturated carbocycles. The third-order valence-corrected chi connectivity index (χ3v) is 16.1. The van der Waals surface area contributed by atoms with Gasteiger partial charge in [0, 0.05) is 54.4 Å². The Labute approximate surface area is 433 Å². The van der Waals surface area contributed by atoms with Crippen LogP contribution in [0.5, 0.6) is 23.0 Å². The number of ether oxygens (including phenoxy) is 2. The lowest BCUT2D eigenvalue weighted by Gasteiger charge is -2.41. The zero-order valence-corrected chi connectivity index (χ0v) is 41.5. The van der Waals surface area contributed by atoms with E-state index < -0.39 is 0 Å². The number of para-hydroxylation sites is 4. The van der Waals surface area contributed by atoms with Gasteiger partial charge in [0.1, 0.15) is 23.0 Å². The van der Waals surface area contributed by atoms with Crippen LogP contribution in [0.15, 0.2) is 212 Å². The molecule has 0 amide bonds. The Morgan fingerprint density at radius 1 is 0.625 bits per heavy atom. The predicted octanol–water partition coefficient (Wildman–Crippen LogP) is 17.2. The lowest BCUT2D eigenvalue weighted by Crippen LogP contribution is -2.58. The number of hydrogen-bond acceptors (Lipinski definition) is 5. The number of nitrogens with zero attached hydrogens (tertiary/aromatic N) is 2. The number of rotatable bonds is 9. The second-order valence-electron chi connectivity index (χ2n) is 20.4. The van der Waals surface area contributed by atoms with Crippen LogP contribution in [0.1, 0.15) is 75.4 Å². The van der Waals surface area contributed by atoms with Crippen LogP contribution in [0.2, 0.25) is 0 Å². The SMILES string of the molecule is [2H]c1cc(-c2cc(-c3ccccc3Oc3ccccc3)ccc2N2c3cc(N(c4ccccc4)c4ccccc4)ccc3B3c4sc5ccc(C6CCCCC6)cc5c4Oc4cc(C(C)(C)C)cc2c43)c([2H])c([2H])c1[2H]. The fraction of sp³-hybridized carbons (Fsp3) is 0.152. The smallest absolute Gasteiger partial charge is 0.268 e. The topological polar surface area (TPSA) is 24.9 Å². The molecule has 4 nitrogen and oxygen atoms in total. The van der Waals surface area contributed by atoms with Crippen molar-refractivity contribution >= 4 is 78.0 Å². The molecule has 0 unspecified atom stereocenters. The molecule has 10 aromatic rings. The van der Waals surface area contributed by atoms with Gasteiger partial charge in [-0.15, -0.1) is 11.3 Å². The lowest BCUT2D eigenvalue weighted by atomic mass is 9.36. The van der Waals surface area contributed by atoms with Crippen LogP contribution in [0.25, 0.3) is 32.3 Å². The van der Waals surface area contributed by atoms with Crippen molar-refractivity contribution in [2.45, 2.75) is 64.2 Å². The van der Waals surface area contributed by atoms with Crippen molar-refractivity contribution in [2.75, 3.05) is 9.80 Å². The van der Waals surface area contributed by atoms with Crippen LogP contribution >= 0.6 is 11.3 Å². The van der Waals surface area contributed by atoms with Gasteiger partial charge < -0.3 is 19.3 Å². The van der Waals surface area contributed by atoms with E-state index in [2.05, 4.69) is 146 Å². The first-order chi connectivity index (χ1) is 37.0. The summed E-state index contributed by atoms with van der Waals surface area (Å²) in [6, 6.07) is 64.3. The van der Waals surface area contributed by atoms with Crippen molar-refractivity contribution in [1.29, 1.82) is 0 Å². The maximum absolute atomic E-state index is 9.59. The van der Waals surface area contributed by atoms with E-state index in [1.165, 1.54) is 52.5 Å². The highest BCUT2D eigenvalue weighted by atomic mass is 32.1. The Hall–Kier alpha value is -7.80. The quantitative estimate of drug-likeness (QED) is 0.135. The molecule has 0 bridgehead atoms. The fourth-order valence-electron chi connectivity index (χ4n) is 11.3. The Morgan fingerprint density at radius 3 is 2.12 bits per heavy atom. The molecule has 6 heteroatoms. The summed E-state index contributed by atoms with van der Waals surface area (Å²) >= 11 is 1.83. The number of hydrogen-bond donors (Lipinski definition) is 0. The van der Waals surface area contributed by atoms with Gasteiger partial charge in [-0.2, -0.15) is 0 Å². The Morgan fingerprint density at radius 2 is 1.36 bits per heavy atom. The number of thiophene rings is 1. The molecular formula is C66H55BN2O2S. The average Bonchev–Trinajstić information content (AvgIpc) is 3.87. The summed E-state index contributed by atoms with van der Waals surface area (Å²) in [7, 11) is 0. The van der Waals surface area contributed by atoms with E-state index in [1.54, 1.807) is 6.07 Å². The molecule has 3 heterocycles. The normalized spacial score (nSPS) is 14.8. The molecule has 1 aliphatic carbocycles. The Kier molecular flexibility index (Phi) is 10.0. The molecule has 13 rings (SSSR count). The molecule has 3 aliphatic rings. The third kappa shape index (κ3) is 7.86. The van der Waals surface area contributed by atoms with Crippen molar-refractivity contribution in [1.82, 2.24) is 0 Å². The summed E-state index contributed by atoms with van der Waals surface area (Å²) in [5.41, 5.74) is 12.8. The Balaban J connectivity index is 1.10. The van der Waals surface area contributed by atoms with Crippen LogP contribution in [-0.2, 0) is 5.41 Å². The summed E-state index contributed by atoms with van der Waals surface area (Å²) in [4.78, 5) is 4.64. The van der Waals surface area contributed by atoms with Gasteiger partial charge in [-0.25, -0.2) is 0 Å². The molecule has 0 atom stereocenters. The van der Waals surface area contributed by atoms with Gasteiger partial charge in [0.2, 0.25) is 0 Å². The van der Waals surface area contributed by atoms with Crippen molar-refractivity contribution in [2.24, 2.45) is 0 Å². The highest BCUT2D eigenvalue weighted by Gasteiger charge is 2.45. The first kappa shape index (κ1) is 39.9. The highest BCUT2D eigenvalue weighted by molar-refractivity contribution is 7.33. The number of benzene rings is 9. The van der Waals surface area contributed by atoms with Gasteiger partial charge in [0.25, 0.3) is 6.71 Å². The van der Waals surface area contributed by atoms with E-state index in [0.29, 0.717) is 28.5 Å². The molecule has 9 aromatic carbocycles. The lowest BCUT2D eigenvalue weighted by molar-refractivity contribution is 0.444. The molecule has 2 aliphatic heterocycles. The summed E-state index contributed by atoms with van der Waals surface area (Å²) in [5, 5.41) is 1.17. The predicted molar refractivity (Wildman–Crippen MR) is 304 cm³/mol. The second kappa shape index (κ2) is 18.1. The summed E-state index contributed by atoms with van der Waals surface area (Å²) in [5.74, 6) is 3.68. The first-order valence-electron chi connectivity index (χ1n) is 27.3. The molecule has 1 fully saturated rings. The van der Waals surface area contributed by atoms with E-state index >= 15 is 0 Å². The number of anilines is 6. The number of fused-ring (bicyclic) bond motifs is 6. The summed E-state index contributed by atoms with van der Waals surface area (Å²) < 4.78 is 52.7. The highest BCUT2D eigenvalue weighted by Crippen LogP contribution is 2.51. The molecule has 350 valence electrons. The van der Waals surface area contributed by atoms with E-state index in [1.807, 2.05) is 78.1 Å². The van der Waals surface area contributed by atoms with Gasteiger partial charge in [0.15, 0.2) is 0 Å². The van der Waals surface area contributed by atoms with Crippen LogP contribution in [0, 0.1) is 0 Å². The van der Waals surface area contributed by atoms with E-state index in [-0.39, 0.29) is 36.3 Å². The zero-order chi connectivity index (χ0) is 51.8. The van der Waals surface area contributed by atoms with E-state index in [0.717, 1.165) is 73.2 Å². The molecule has 1 aromatic heterocycles. The molecule has 0 N–H and O–H groups in total. The van der Waals surface area contributed by atoms with E-state index in [4.69, 9.17) is 13.6 Å². The molecule has 72 heavy (non-hydrogen) atoms. The molecule has 0 saturated heterocycles. The monoisotopic (exact) mass is 954 g/mol.